The smallest absolute Gasteiger partial charge is 0.336 e. The summed E-state index contributed by atoms with van der Waals surface area (Å²) in [5.41, 5.74) is 2.72. The first kappa shape index (κ1) is 17.1. The first-order valence-corrected chi connectivity index (χ1v) is 7.56. The molecule has 0 spiro atoms. The maximum Gasteiger partial charge on any atom is 0.336 e. The van der Waals surface area contributed by atoms with Gasteiger partial charge in [-0.1, -0.05) is 18.2 Å². The third-order valence-electron chi connectivity index (χ3n) is 4.03. The fourth-order valence-corrected chi connectivity index (χ4v) is 2.58. The predicted octanol–water partition coefficient (Wildman–Crippen LogP) is 0.115. The van der Waals surface area contributed by atoms with E-state index < -0.39 is 17.2 Å². The van der Waals surface area contributed by atoms with Gasteiger partial charge in [0.2, 0.25) is 5.95 Å². The zero-order valence-electron chi connectivity index (χ0n) is 14.3. The summed E-state index contributed by atoms with van der Waals surface area (Å²) in [6.07, 6.45) is 1.35. The fourth-order valence-electron chi connectivity index (χ4n) is 2.58. The van der Waals surface area contributed by atoms with Gasteiger partial charge in [-0.05, 0) is 6.07 Å². The number of fused-ring (bicyclic) bond motifs is 1. The minimum atomic E-state index is -1.06. The second-order valence-corrected chi connectivity index (χ2v) is 5.63. The van der Waals surface area contributed by atoms with E-state index in [4.69, 9.17) is 5.11 Å². The number of carboxylic acids is 1. The SMILES string of the molecule is Cn1c(=O)c2c(nc(N/N=C/c3ccccc3C(=O)O)n2C)n(C)c1=O. The van der Waals surface area contributed by atoms with Crippen LogP contribution >= 0.6 is 0 Å². The van der Waals surface area contributed by atoms with Crippen LogP contribution in [-0.4, -0.2) is 36.0 Å². The molecule has 10 heteroatoms. The molecule has 0 saturated heterocycles. The Labute approximate surface area is 146 Å². The minimum Gasteiger partial charge on any atom is -0.478 e. The Bertz CT molecular complexity index is 1170. The lowest BCUT2D eigenvalue weighted by atomic mass is 10.1. The van der Waals surface area contributed by atoms with Crippen LogP contribution in [0, 0.1) is 0 Å². The summed E-state index contributed by atoms with van der Waals surface area (Å²) in [6.45, 7) is 0. The number of anilines is 1. The number of aromatic nitrogens is 4. The van der Waals surface area contributed by atoms with Crippen molar-refractivity contribution in [1.82, 2.24) is 18.7 Å². The number of benzene rings is 1. The second-order valence-electron chi connectivity index (χ2n) is 5.63. The maximum absolute atomic E-state index is 12.3. The highest BCUT2D eigenvalue weighted by atomic mass is 16.4. The molecule has 0 aliphatic carbocycles. The summed E-state index contributed by atoms with van der Waals surface area (Å²) in [5.74, 6) is -0.823. The van der Waals surface area contributed by atoms with E-state index in [2.05, 4.69) is 15.5 Å². The number of hydrazone groups is 1. The number of carboxylic acid groups (broad SMARTS) is 1. The van der Waals surface area contributed by atoms with Crippen LogP contribution in [0.3, 0.4) is 0 Å². The number of hydrogen-bond acceptors (Lipinski definition) is 6. The van der Waals surface area contributed by atoms with E-state index >= 15 is 0 Å². The molecule has 134 valence electrons. The zero-order chi connectivity index (χ0) is 19.0. The van der Waals surface area contributed by atoms with Gasteiger partial charge in [-0.15, -0.1) is 0 Å². The van der Waals surface area contributed by atoms with Crippen molar-refractivity contribution >= 4 is 29.3 Å². The van der Waals surface area contributed by atoms with Gasteiger partial charge in [-0.2, -0.15) is 10.1 Å². The van der Waals surface area contributed by atoms with Crippen molar-refractivity contribution in [2.45, 2.75) is 0 Å². The average molecular weight is 356 g/mol. The first-order valence-electron chi connectivity index (χ1n) is 7.56. The predicted molar refractivity (Wildman–Crippen MR) is 95.8 cm³/mol. The molecule has 0 bridgehead atoms. The van der Waals surface area contributed by atoms with Crippen molar-refractivity contribution in [3.63, 3.8) is 0 Å². The number of aryl methyl sites for hydroxylation is 2. The molecule has 0 aliphatic rings. The lowest BCUT2D eigenvalue weighted by Crippen LogP contribution is -2.37. The molecule has 0 unspecified atom stereocenters. The molecule has 26 heavy (non-hydrogen) atoms. The summed E-state index contributed by atoms with van der Waals surface area (Å²) >= 11 is 0. The lowest BCUT2D eigenvalue weighted by Gasteiger charge is -2.03. The van der Waals surface area contributed by atoms with Gasteiger partial charge in [0.25, 0.3) is 5.56 Å². The van der Waals surface area contributed by atoms with Gasteiger partial charge < -0.3 is 9.67 Å². The number of aromatic carboxylic acids is 1. The van der Waals surface area contributed by atoms with E-state index in [1.807, 2.05) is 0 Å². The van der Waals surface area contributed by atoms with Crippen LogP contribution in [0.15, 0.2) is 39.0 Å². The summed E-state index contributed by atoms with van der Waals surface area (Å²) in [4.78, 5) is 39.7. The normalized spacial score (nSPS) is 11.3. The third kappa shape index (κ3) is 2.66. The van der Waals surface area contributed by atoms with Crippen LogP contribution < -0.4 is 16.7 Å². The quantitative estimate of drug-likeness (QED) is 0.505. The van der Waals surface area contributed by atoms with Crippen LogP contribution in [0.25, 0.3) is 11.2 Å². The molecular formula is C16H16N6O4. The van der Waals surface area contributed by atoms with Crippen molar-refractivity contribution in [2.24, 2.45) is 26.2 Å². The van der Waals surface area contributed by atoms with Crippen LogP contribution in [0.2, 0.25) is 0 Å². The monoisotopic (exact) mass is 356 g/mol. The highest BCUT2D eigenvalue weighted by Gasteiger charge is 2.16. The van der Waals surface area contributed by atoms with Gasteiger partial charge in [0, 0.05) is 26.7 Å². The van der Waals surface area contributed by atoms with Crippen molar-refractivity contribution in [2.75, 3.05) is 5.43 Å². The molecule has 0 amide bonds. The van der Waals surface area contributed by atoms with Crippen molar-refractivity contribution < 1.29 is 9.90 Å². The van der Waals surface area contributed by atoms with Gasteiger partial charge in [0.1, 0.15) is 0 Å². The molecule has 0 atom stereocenters. The molecule has 0 fully saturated rings. The molecule has 2 N–H and O–H groups in total. The summed E-state index contributed by atoms with van der Waals surface area (Å²) in [6, 6.07) is 6.40. The summed E-state index contributed by atoms with van der Waals surface area (Å²) in [7, 11) is 4.53. The number of carbonyl (C=O) groups is 1. The van der Waals surface area contributed by atoms with E-state index in [1.54, 1.807) is 25.2 Å². The fraction of sp³-hybridized carbons (Fsp3) is 0.188. The Morgan fingerprint density at radius 3 is 2.54 bits per heavy atom. The van der Waals surface area contributed by atoms with E-state index in [0.717, 1.165) is 4.57 Å². The van der Waals surface area contributed by atoms with Gasteiger partial charge in [-0.25, -0.2) is 15.0 Å². The Hall–Kier alpha value is -3.69. The van der Waals surface area contributed by atoms with E-state index in [9.17, 15) is 14.4 Å². The van der Waals surface area contributed by atoms with Crippen LogP contribution in [-0.2, 0) is 21.1 Å². The Kier molecular flexibility index (Phi) is 4.16. The molecule has 0 aliphatic heterocycles. The average Bonchev–Trinajstić information content (AvgIpc) is 2.95. The van der Waals surface area contributed by atoms with Gasteiger partial charge >= 0.3 is 11.7 Å². The molecular weight excluding hydrogens is 340 g/mol. The number of hydrogen-bond donors (Lipinski definition) is 2. The molecule has 10 nitrogen and oxygen atoms in total. The van der Waals surface area contributed by atoms with Crippen LogP contribution in [0.5, 0.6) is 0 Å². The number of imidazole rings is 1. The number of rotatable bonds is 4. The van der Waals surface area contributed by atoms with Gasteiger partial charge in [0.05, 0.1) is 11.8 Å². The highest BCUT2D eigenvalue weighted by Crippen LogP contribution is 2.13. The summed E-state index contributed by atoms with van der Waals surface area (Å²) < 4.78 is 3.75. The molecule has 3 aromatic rings. The third-order valence-corrected chi connectivity index (χ3v) is 4.03. The van der Waals surface area contributed by atoms with Crippen molar-refractivity contribution in [1.29, 1.82) is 0 Å². The van der Waals surface area contributed by atoms with Crippen molar-refractivity contribution in [3.8, 4) is 0 Å². The minimum absolute atomic E-state index is 0.110. The molecule has 0 radical (unpaired) electrons. The molecule has 3 rings (SSSR count). The lowest BCUT2D eigenvalue weighted by molar-refractivity contribution is 0.0697. The van der Waals surface area contributed by atoms with E-state index in [-0.39, 0.29) is 22.7 Å². The topological polar surface area (TPSA) is 124 Å². The Morgan fingerprint density at radius 2 is 1.85 bits per heavy atom. The molecule has 0 saturated carbocycles. The van der Waals surface area contributed by atoms with Gasteiger partial charge in [-0.3, -0.25) is 13.9 Å². The Balaban J connectivity index is 2.01. The Morgan fingerprint density at radius 1 is 1.15 bits per heavy atom. The van der Waals surface area contributed by atoms with E-state index in [0.29, 0.717) is 5.56 Å². The highest BCUT2D eigenvalue weighted by molar-refractivity contribution is 5.98. The van der Waals surface area contributed by atoms with Gasteiger partial charge in [0.15, 0.2) is 11.2 Å². The number of nitrogens with zero attached hydrogens (tertiary/aromatic N) is 5. The number of nitrogens with one attached hydrogen (secondary N) is 1. The van der Waals surface area contributed by atoms with Crippen LogP contribution in [0.4, 0.5) is 5.95 Å². The van der Waals surface area contributed by atoms with Crippen LogP contribution in [0.1, 0.15) is 15.9 Å². The second kappa shape index (κ2) is 6.31. The maximum atomic E-state index is 12.3. The standard InChI is InChI=1S/C16H16N6O4/c1-20-11-12(21(2)16(26)22(3)13(11)23)18-15(20)19-17-8-9-6-4-5-7-10(9)14(24)25/h4-8H,1-3H3,(H,18,19)(H,24,25)/b17-8+. The summed E-state index contributed by atoms with van der Waals surface area (Å²) in [5, 5.41) is 13.2. The zero-order valence-corrected chi connectivity index (χ0v) is 14.3. The first-order chi connectivity index (χ1) is 12.3. The van der Waals surface area contributed by atoms with E-state index in [1.165, 1.54) is 35.5 Å². The molecule has 2 heterocycles. The molecule has 1 aromatic carbocycles. The molecule has 2 aromatic heterocycles. The van der Waals surface area contributed by atoms with Crippen molar-refractivity contribution in [3.05, 3.63) is 56.2 Å². The largest absolute Gasteiger partial charge is 0.478 e.